The quantitative estimate of drug-likeness (QED) is 0.408. The molecule has 0 aromatic heterocycles. The zero-order chi connectivity index (χ0) is 12.1. The Kier molecular flexibility index (Phi) is 3.82. The van der Waals surface area contributed by atoms with Crippen LogP contribution in [0.25, 0.3) is 0 Å². The molecule has 0 radical (unpaired) electrons. The van der Waals surface area contributed by atoms with Crippen LogP contribution in [0.4, 0.5) is 4.79 Å². The van der Waals surface area contributed by atoms with E-state index >= 15 is 0 Å². The number of nitro groups is 1. The molecule has 0 heterocycles. The van der Waals surface area contributed by atoms with Gasteiger partial charge in [0, 0.05) is 18.6 Å². The third kappa shape index (κ3) is 2.94. The van der Waals surface area contributed by atoms with Crippen LogP contribution in [0, 0.1) is 10.1 Å². The van der Waals surface area contributed by atoms with Gasteiger partial charge in [-0.05, 0) is 12.5 Å². The average molecular weight is 225 g/mol. The topological polar surface area (TPSA) is 78.7 Å². The fourth-order valence-electron chi connectivity index (χ4n) is 1.18. The predicted molar refractivity (Wildman–Crippen MR) is 55.0 cm³/mol. The largest absolute Gasteiger partial charge is 0.513 e. The lowest BCUT2D eigenvalue weighted by Crippen LogP contribution is -2.04. The molecule has 0 saturated carbocycles. The highest BCUT2D eigenvalue weighted by molar-refractivity contribution is 5.61. The van der Waals surface area contributed by atoms with Crippen molar-refractivity contribution in [3.8, 4) is 0 Å². The van der Waals surface area contributed by atoms with Gasteiger partial charge in [-0.25, -0.2) is 4.79 Å². The Hall–Kier alpha value is -2.11. The maximum atomic E-state index is 10.9. The minimum absolute atomic E-state index is 0.0408. The SMILES string of the molecule is COC(=O)OC1=C(C)C=C([N+](=O)[O-])C=CC1. The minimum atomic E-state index is -0.833. The maximum absolute atomic E-state index is 10.9. The molecule has 1 rings (SSSR count). The number of hydrogen-bond donors (Lipinski definition) is 0. The van der Waals surface area contributed by atoms with Gasteiger partial charge in [-0.2, -0.15) is 0 Å². The Bertz CT molecular complexity index is 405. The van der Waals surface area contributed by atoms with Crippen molar-refractivity contribution in [2.75, 3.05) is 7.11 Å². The second-order valence-electron chi connectivity index (χ2n) is 3.10. The van der Waals surface area contributed by atoms with E-state index in [0.717, 1.165) is 0 Å². The molecule has 0 aromatic carbocycles. The number of carbonyl (C=O) groups is 1. The molecule has 1 aliphatic carbocycles. The second kappa shape index (κ2) is 5.11. The van der Waals surface area contributed by atoms with E-state index in [1.54, 1.807) is 13.0 Å². The zero-order valence-electron chi connectivity index (χ0n) is 8.93. The highest BCUT2D eigenvalue weighted by Gasteiger charge is 2.15. The average Bonchev–Trinajstić information content (AvgIpc) is 2.41. The van der Waals surface area contributed by atoms with E-state index in [2.05, 4.69) is 4.74 Å². The van der Waals surface area contributed by atoms with Gasteiger partial charge in [0.25, 0.3) is 5.70 Å². The van der Waals surface area contributed by atoms with Gasteiger partial charge in [0.15, 0.2) is 0 Å². The molecular formula is C10H11NO5. The van der Waals surface area contributed by atoms with Crippen LogP contribution in [-0.2, 0) is 9.47 Å². The van der Waals surface area contributed by atoms with Crippen molar-refractivity contribution in [2.45, 2.75) is 13.3 Å². The number of methoxy groups -OCH3 is 1. The molecule has 6 nitrogen and oxygen atoms in total. The number of allylic oxidation sites excluding steroid dienone is 4. The minimum Gasteiger partial charge on any atom is -0.437 e. The molecule has 16 heavy (non-hydrogen) atoms. The molecule has 0 aliphatic heterocycles. The van der Waals surface area contributed by atoms with Crippen LogP contribution in [0.1, 0.15) is 13.3 Å². The number of carbonyl (C=O) groups excluding carboxylic acids is 1. The van der Waals surface area contributed by atoms with Crippen LogP contribution in [-0.4, -0.2) is 18.2 Å². The molecular weight excluding hydrogens is 214 g/mol. The summed E-state index contributed by atoms with van der Waals surface area (Å²) in [5.74, 6) is 0.347. The summed E-state index contributed by atoms with van der Waals surface area (Å²) in [6.07, 6.45) is 3.76. The first kappa shape index (κ1) is 12.0. The van der Waals surface area contributed by atoms with Crippen molar-refractivity contribution < 1.29 is 19.2 Å². The lowest BCUT2D eigenvalue weighted by molar-refractivity contribution is -0.419. The molecule has 0 N–H and O–H groups in total. The summed E-state index contributed by atoms with van der Waals surface area (Å²) < 4.78 is 9.20. The summed E-state index contributed by atoms with van der Waals surface area (Å²) in [5.41, 5.74) is 0.489. The molecule has 0 aromatic rings. The molecule has 0 amide bonds. The molecule has 0 fully saturated rings. The maximum Gasteiger partial charge on any atom is 0.513 e. The van der Waals surface area contributed by atoms with Crippen LogP contribution in [0.5, 0.6) is 0 Å². The third-order valence-corrected chi connectivity index (χ3v) is 1.98. The number of hydrogen-bond acceptors (Lipinski definition) is 5. The van der Waals surface area contributed by atoms with E-state index in [9.17, 15) is 14.9 Å². The smallest absolute Gasteiger partial charge is 0.437 e. The molecule has 0 unspecified atom stereocenters. The predicted octanol–water partition coefficient (Wildman–Crippen LogP) is 2.16. The van der Waals surface area contributed by atoms with Crippen LogP contribution < -0.4 is 0 Å². The summed E-state index contributed by atoms with van der Waals surface area (Å²) in [5, 5.41) is 10.6. The van der Waals surface area contributed by atoms with E-state index in [-0.39, 0.29) is 5.70 Å². The molecule has 0 spiro atoms. The van der Waals surface area contributed by atoms with Crippen LogP contribution in [0.3, 0.4) is 0 Å². The highest BCUT2D eigenvalue weighted by Crippen LogP contribution is 2.19. The first-order chi connectivity index (χ1) is 7.54. The van der Waals surface area contributed by atoms with Crippen LogP contribution in [0.2, 0.25) is 0 Å². The standard InChI is InChI=1S/C10H11NO5/c1-7-6-8(11(13)14)4-3-5-9(7)16-10(12)15-2/h3-4,6H,5H2,1-2H3. The van der Waals surface area contributed by atoms with Gasteiger partial charge >= 0.3 is 6.16 Å². The molecule has 1 aliphatic rings. The van der Waals surface area contributed by atoms with Gasteiger partial charge in [-0.3, -0.25) is 10.1 Å². The van der Waals surface area contributed by atoms with Crippen LogP contribution in [0.15, 0.2) is 35.3 Å². The summed E-state index contributed by atoms with van der Waals surface area (Å²) >= 11 is 0. The van der Waals surface area contributed by atoms with Crippen molar-refractivity contribution in [2.24, 2.45) is 0 Å². The Balaban J connectivity index is 2.94. The lowest BCUT2D eigenvalue weighted by Gasteiger charge is -2.06. The molecule has 6 heteroatoms. The van der Waals surface area contributed by atoms with Crippen molar-refractivity contribution >= 4 is 6.16 Å². The number of rotatable bonds is 2. The van der Waals surface area contributed by atoms with Crippen molar-refractivity contribution in [1.82, 2.24) is 0 Å². The van der Waals surface area contributed by atoms with E-state index < -0.39 is 11.1 Å². The fourth-order valence-corrected chi connectivity index (χ4v) is 1.18. The molecule has 0 atom stereocenters. The van der Waals surface area contributed by atoms with E-state index in [1.807, 2.05) is 0 Å². The highest BCUT2D eigenvalue weighted by atomic mass is 16.7. The fraction of sp³-hybridized carbons (Fsp3) is 0.300. The van der Waals surface area contributed by atoms with Crippen molar-refractivity contribution in [3.05, 3.63) is 45.4 Å². The Morgan fingerprint density at radius 1 is 1.56 bits per heavy atom. The zero-order valence-corrected chi connectivity index (χ0v) is 8.93. The summed E-state index contributed by atoms with van der Waals surface area (Å²) in [6, 6.07) is 0. The molecule has 0 saturated heterocycles. The number of ether oxygens (including phenoxy) is 2. The van der Waals surface area contributed by atoms with Gasteiger partial charge in [-0.15, -0.1) is 0 Å². The summed E-state index contributed by atoms with van der Waals surface area (Å²) in [4.78, 5) is 21.0. The van der Waals surface area contributed by atoms with Gasteiger partial charge in [-0.1, -0.05) is 6.08 Å². The van der Waals surface area contributed by atoms with E-state index in [4.69, 9.17) is 4.74 Å². The van der Waals surface area contributed by atoms with E-state index in [0.29, 0.717) is 17.8 Å². The second-order valence-corrected chi connectivity index (χ2v) is 3.10. The van der Waals surface area contributed by atoms with E-state index in [1.165, 1.54) is 19.3 Å². The van der Waals surface area contributed by atoms with Gasteiger partial charge < -0.3 is 9.47 Å². The molecule has 86 valence electrons. The first-order valence-corrected chi connectivity index (χ1v) is 4.52. The Morgan fingerprint density at radius 3 is 2.81 bits per heavy atom. The Labute approximate surface area is 92.0 Å². The monoisotopic (exact) mass is 225 g/mol. The first-order valence-electron chi connectivity index (χ1n) is 4.52. The summed E-state index contributed by atoms with van der Waals surface area (Å²) in [6.45, 7) is 1.63. The van der Waals surface area contributed by atoms with Gasteiger partial charge in [0.1, 0.15) is 5.76 Å². The normalized spacial score (nSPS) is 15.2. The van der Waals surface area contributed by atoms with Crippen LogP contribution >= 0.6 is 0 Å². The van der Waals surface area contributed by atoms with Gasteiger partial charge in [0.05, 0.1) is 12.0 Å². The van der Waals surface area contributed by atoms with Crippen molar-refractivity contribution in [1.29, 1.82) is 0 Å². The summed E-state index contributed by atoms with van der Waals surface area (Å²) in [7, 11) is 1.20. The van der Waals surface area contributed by atoms with Crippen molar-refractivity contribution in [3.63, 3.8) is 0 Å². The lowest BCUT2D eigenvalue weighted by atomic mass is 10.2. The molecule has 0 bridgehead atoms. The van der Waals surface area contributed by atoms with Gasteiger partial charge in [0.2, 0.25) is 0 Å². The number of nitrogens with zero attached hydrogens (tertiary/aromatic N) is 1. The Morgan fingerprint density at radius 2 is 2.25 bits per heavy atom. The third-order valence-electron chi connectivity index (χ3n) is 1.98.